The molecule has 1 aromatic heterocycles. The zero-order chi connectivity index (χ0) is 14.5. The number of amides is 2. The quantitative estimate of drug-likeness (QED) is 0.830. The Morgan fingerprint density at radius 1 is 1.50 bits per heavy atom. The van der Waals surface area contributed by atoms with Crippen LogP contribution in [0, 0.1) is 0 Å². The van der Waals surface area contributed by atoms with E-state index in [2.05, 4.69) is 10.3 Å². The molecule has 0 aliphatic heterocycles. The molecule has 0 aromatic carbocycles. The predicted octanol–water partition coefficient (Wildman–Crippen LogP) is 1.79. The summed E-state index contributed by atoms with van der Waals surface area (Å²) in [6.45, 7) is 2.11. The third-order valence-electron chi connectivity index (χ3n) is 3.29. The number of rotatable bonds is 6. The van der Waals surface area contributed by atoms with E-state index in [4.69, 9.17) is 5.11 Å². The van der Waals surface area contributed by atoms with Crippen LogP contribution < -0.4 is 5.32 Å². The lowest BCUT2D eigenvalue weighted by Gasteiger charge is -2.24. The molecule has 1 atom stereocenters. The number of carbonyl (C=O) groups excluding carboxylic acids is 1. The lowest BCUT2D eigenvalue weighted by molar-refractivity contribution is -0.137. The first-order chi connectivity index (χ1) is 9.58. The van der Waals surface area contributed by atoms with E-state index in [1.165, 1.54) is 0 Å². The van der Waals surface area contributed by atoms with Gasteiger partial charge in [-0.05, 0) is 31.9 Å². The molecule has 1 aromatic rings. The number of nitrogens with one attached hydrogen (secondary N) is 1. The van der Waals surface area contributed by atoms with Crippen molar-refractivity contribution in [3.63, 3.8) is 0 Å². The minimum Gasteiger partial charge on any atom is -0.481 e. The van der Waals surface area contributed by atoms with Gasteiger partial charge in [-0.25, -0.2) is 4.79 Å². The standard InChI is InChI=1S/C14H19N3O3/c1-10(12-4-2-3-8-15-12)16-14(20)17(11-5-6-11)9-7-13(18)19/h2-4,8,10-11H,5-7,9H2,1H3,(H,16,20)(H,18,19). The van der Waals surface area contributed by atoms with Crippen molar-refractivity contribution < 1.29 is 14.7 Å². The second-order valence-corrected chi connectivity index (χ2v) is 4.99. The van der Waals surface area contributed by atoms with Crippen LogP contribution in [0.3, 0.4) is 0 Å². The molecule has 1 unspecified atom stereocenters. The number of nitrogens with zero attached hydrogens (tertiary/aromatic N) is 2. The fourth-order valence-electron chi connectivity index (χ4n) is 2.03. The molecule has 0 spiro atoms. The lowest BCUT2D eigenvalue weighted by atomic mass is 10.2. The minimum absolute atomic E-state index is 0.0259. The minimum atomic E-state index is -0.888. The summed E-state index contributed by atoms with van der Waals surface area (Å²) in [5.41, 5.74) is 0.787. The van der Waals surface area contributed by atoms with Gasteiger partial charge in [0.15, 0.2) is 0 Å². The van der Waals surface area contributed by atoms with Crippen molar-refractivity contribution in [3.05, 3.63) is 30.1 Å². The maximum absolute atomic E-state index is 12.2. The van der Waals surface area contributed by atoms with Gasteiger partial charge in [0.05, 0.1) is 18.2 Å². The molecule has 2 amide bonds. The van der Waals surface area contributed by atoms with Crippen LogP contribution in [0.25, 0.3) is 0 Å². The Bertz CT molecular complexity index is 474. The van der Waals surface area contributed by atoms with Gasteiger partial charge in [-0.2, -0.15) is 0 Å². The average molecular weight is 277 g/mol. The molecular weight excluding hydrogens is 258 g/mol. The van der Waals surface area contributed by atoms with Gasteiger partial charge in [-0.15, -0.1) is 0 Å². The molecule has 108 valence electrons. The average Bonchev–Trinajstić information content (AvgIpc) is 3.24. The van der Waals surface area contributed by atoms with Crippen molar-refractivity contribution in [2.24, 2.45) is 0 Å². The van der Waals surface area contributed by atoms with Crippen LogP contribution in [0.1, 0.15) is 37.9 Å². The number of hydrogen-bond acceptors (Lipinski definition) is 3. The SMILES string of the molecule is CC(NC(=O)N(CCC(=O)O)C1CC1)c1ccccn1. The maximum atomic E-state index is 12.2. The van der Waals surface area contributed by atoms with Crippen molar-refractivity contribution in [2.45, 2.75) is 38.3 Å². The van der Waals surface area contributed by atoms with Gasteiger partial charge in [0.2, 0.25) is 0 Å². The highest BCUT2D eigenvalue weighted by molar-refractivity contribution is 5.76. The zero-order valence-electron chi connectivity index (χ0n) is 11.5. The third kappa shape index (κ3) is 3.94. The smallest absolute Gasteiger partial charge is 0.318 e. The molecule has 0 bridgehead atoms. The first-order valence-corrected chi connectivity index (χ1v) is 6.78. The van der Waals surface area contributed by atoms with E-state index in [0.29, 0.717) is 0 Å². The fourth-order valence-corrected chi connectivity index (χ4v) is 2.03. The number of urea groups is 1. The van der Waals surface area contributed by atoms with E-state index >= 15 is 0 Å². The van der Waals surface area contributed by atoms with Gasteiger partial charge >= 0.3 is 12.0 Å². The highest BCUT2D eigenvalue weighted by Crippen LogP contribution is 2.27. The highest BCUT2D eigenvalue weighted by atomic mass is 16.4. The van der Waals surface area contributed by atoms with Crippen LogP contribution in [0.15, 0.2) is 24.4 Å². The molecular formula is C14H19N3O3. The second kappa shape index (κ2) is 6.36. The van der Waals surface area contributed by atoms with Crippen molar-refractivity contribution in [1.29, 1.82) is 0 Å². The van der Waals surface area contributed by atoms with Gasteiger partial charge in [0, 0.05) is 18.8 Å². The molecule has 2 rings (SSSR count). The molecule has 0 radical (unpaired) electrons. The van der Waals surface area contributed by atoms with Crippen LogP contribution in [0.5, 0.6) is 0 Å². The van der Waals surface area contributed by atoms with Gasteiger partial charge in [0.1, 0.15) is 0 Å². The van der Waals surface area contributed by atoms with Crippen molar-refractivity contribution in [3.8, 4) is 0 Å². The Morgan fingerprint density at radius 2 is 2.25 bits per heavy atom. The van der Waals surface area contributed by atoms with Crippen LogP contribution in [0.4, 0.5) is 4.79 Å². The summed E-state index contributed by atoms with van der Waals surface area (Å²) < 4.78 is 0. The Morgan fingerprint density at radius 3 is 2.80 bits per heavy atom. The summed E-state index contributed by atoms with van der Waals surface area (Å²) in [4.78, 5) is 28.7. The molecule has 1 fully saturated rings. The van der Waals surface area contributed by atoms with Gasteiger partial charge < -0.3 is 15.3 Å². The Balaban J connectivity index is 1.92. The largest absolute Gasteiger partial charge is 0.481 e. The molecule has 20 heavy (non-hydrogen) atoms. The highest BCUT2D eigenvalue weighted by Gasteiger charge is 2.33. The monoisotopic (exact) mass is 277 g/mol. The van der Waals surface area contributed by atoms with E-state index in [1.807, 2.05) is 25.1 Å². The van der Waals surface area contributed by atoms with Gasteiger partial charge in [-0.1, -0.05) is 6.07 Å². The second-order valence-electron chi connectivity index (χ2n) is 4.99. The first kappa shape index (κ1) is 14.3. The summed E-state index contributed by atoms with van der Waals surface area (Å²) in [7, 11) is 0. The molecule has 6 nitrogen and oxygen atoms in total. The summed E-state index contributed by atoms with van der Waals surface area (Å²) in [5, 5.41) is 11.6. The Kier molecular flexibility index (Phi) is 4.55. The number of carbonyl (C=O) groups is 2. The van der Waals surface area contributed by atoms with E-state index in [1.54, 1.807) is 11.1 Å². The van der Waals surface area contributed by atoms with Crippen molar-refractivity contribution >= 4 is 12.0 Å². The number of pyridine rings is 1. The number of hydrogen-bond donors (Lipinski definition) is 2. The van der Waals surface area contributed by atoms with Crippen LogP contribution in [0.2, 0.25) is 0 Å². The third-order valence-corrected chi connectivity index (χ3v) is 3.29. The topological polar surface area (TPSA) is 82.5 Å². The van der Waals surface area contributed by atoms with Crippen molar-refractivity contribution in [2.75, 3.05) is 6.54 Å². The summed E-state index contributed by atoms with van der Waals surface area (Å²) in [5.74, 6) is -0.888. The van der Waals surface area contributed by atoms with E-state index in [-0.39, 0.29) is 31.1 Å². The van der Waals surface area contributed by atoms with E-state index in [9.17, 15) is 9.59 Å². The normalized spacial score (nSPS) is 15.4. The zero-order valence-corrected chi connectivity index (χ0v) is 11.5. The Hall–Kier alpha value is -2.11. The molecule has 2 N–H and O–H groups in total. The number of carboxylic acids is 1. The predicted molar refractivity (Wildman–Crippen MR) is 73.2 cm³/mol. The molecule has 0 saturated heterocycles. The first-order valence-electron chi connectivity index (χ1n) is 6.78. The molecule has 1 saturated carbocycles. The summed E-state index contributed by atoms with van der Waals surface area (Å²) in [6, 6.07) is 5.31. The lowest BCUT2D eigenvalue weighted by Crippen LogP contribution is -2.43. The van der Waals surface area contributed by atoms with Gasteiger partial charge in [0.25, 0.3) is 0 Å². The number of aromatic nitrogens is 1. The number of aliphatic carboxylic acids is 1. The number of carboxylic acid groups (broad SMARTS) is 1. The van der Waals surface area contributed by atoms with Crippen LogP contribution in [-0.2, 0) is 4.79 Å². The summed E-state index contributed by atoms with van der Waals surface area (Å²) in [6.07, 6.45) is 3.55. The fraction of sp³-hybridized carbons (Fsp3) is 0.500. The maximum Gasteiger partial charge on any atom is 0.318 e. The van der Waals surface area contributed by atoms with Crippen LogP contribution in [-0.4, -0.2) is 39.6 Å². The van der Waals surface area contributed by atoms with E-state index < -0.39 is 5.97 Å². The van der Waals surface area contributed by atoms with Gasteiger partial charge in [-0.3, -0.25) is 9.78 Å². The molecule has 1 aliphatic rings. The molecule has 1 aliphatic carbocycles. The Labute approximate surface area is 117 Å². The van der Waals surface area contributed by atoms with Crippen LogP contribution >= 0.6 is 0 Å². The van der Waals surface area contributed by atoms with Crippen molar-refractivity contribution in [1.82, 2.24) is 15.2 Å². The molecule has 6 heteroatoms. The van der Waals surface area contributed by atoms with E-state index in [0.717, 1.165) is 18.5 Å². The molecule has 1 heterocycles. The summed E-state index contributed by atoms with van der Waals surface area (Å²) >= 11 is 0.